The van der Waals surface area contributed by atoms with E-state index in [9.17, 15) is 14.4 Å². The van der Waals surface area contributed by atoms with Crippen LogP contribution in [0.1, 0.15) is 37.4 Å². The van der Waals surface area contributed by atoms with Crippen molar-refractivity contribution in [2.45, 2.75) is 32.4 Å². The van der Waals surface area contributed by atoms with Crippen LogP contribution in [0.25, 0.3) is 6.08 Å². The van der Waals surface area contributed by atoms with Gasteiger partial charge in [-0.05, 0) is 36.3 Å². The van der Waals surface area contributed by atoms with E-state index in [4.69, 9.17) is 14.2 Å². The second kappa shape index (κ2) is 10.00. The maximum Gasteiger partial charge on any atom is 0.309 e. The molecule has 8 nitrogen and oxygen atoms in total. The van der Waals surface area contributed by atoms with E-state index < -0.39 is 24.0 Å². The summed E-state index contributed by atoms with van der Waals surface area (Å²) in [5.41, 5.74) is 2.17. The van der Waals surface area contributed by atoms with E-state index in [1.807, 2.05) is 30.3 Å². The van der Waals surface area contributed by atoms with Gasteiger partial charge >= 0.3 is 5.97 Å². The van der Waals surface area contributed by atoms with Gasteiger partial charge in [0.25, 0.3) is 5.91 Å². The van der Waals surface area contributed by atoms with Crippen molar-refractivity contribution in [3.63, 3.8) is 0 Å². The lowest BCUT2D eigenvalue weighted by molar-refractivity contribution is -0.154. The van der Waals surface area contributed by atoms with Gasteiger partial charge < -0.3 is 24.4 Å². The van der Waals surface area contributed by atoms with Crippen LogP contribution in [-0.2, 0) is 19.1 Å². The van der Waals surface area contributed by atoms with Crippen LogP contribution >= 0.6 is 0 Å². The molecule has 0 aliphatic carbocycles. The fourth-order valence-electron chi connectivity index (χ4n) is 3.52. The number of rotatable bonds is 7. The first-order valence-corrected chi connectivity index (χ1v) is 10.1. The molecule has 2 aromatic carbocycles. The van der Waals surface area contributed by atoms with Gasteiger partial charge in [0.15, 0.2) is 6.10 Å². The molecule has 2 amide bonds. The zero-order valence-electron chi connectivity index (χ0n) is 18.5. The molecule has 1 N–H and O–H groups in total. The van der Waals surface area contributed by atoms with Crippen LogP contribution in [0.2, 0.25) is 0 Å². The number of fused-ring (bicyclic) bond motifs is 1. The lowest BCUT2D eigenvalue weighted by atomic mass is 9.94. The van der Waals surface area contributed by atoms with Gasteiger partial charge in [0, 0.05) is 19.2 Å². The van der Waals surface area contributed by atoms with Gasteiger partial charge in [0.05, 0.1) is 32.4 Å². The van der Waals surface area contributed by atoms with Crippen molar-refractivity contribution in [2.75, 3.05) is 19.5 Å². The van der Waals surface area contributed by atoms with Crippen LogP contribution in [0.3, 0.4) is 0 Å². The number of nitrogens with one attached hydrogen (secondary N) is 1. The van der Waals surface area contributed by atoms with Crippen LogP contribution < -0.4 is 14.8 Å². The Labute approximate surface area is 186 Å². The molecule has 168 valence electrons. The topological polar surface area (TPSA) is 94.2 Å². The number of benzene rings is 2. The molecule has 8 heteroatoms. The molecule has 0 spiro atoms. The predicted octanol–water partition coefficient (Wildman–Crippen LogP) is 3.54. The molecule has 32 heavy (non-hydrogen) atoms. The van der Waals surface area contributed by atoms with Crippen molar-refractivity contribution in [1.82, 2.24) is 4.90 Å². The van der Waals surface area contributed by atoms with E-state index >= 15 is 0 Å². The van der Waals surface area contributed by atoms with Gasteiger partial charge in [0.1, 0.15) is 11.5 Å². The number of methoxy groups -OCH3 is 2. The van der Waals surface area contributed by atoms with Crippen LogP contribution in [0, 0.1) is 0 Å². The maximum absolute atomic E-state index is 12.7. The molecule has 0 aromatic heterocycles. The van der Waals surface area contributed by atoms with E-state index in [0.717, 1.165) is 11.1 Å². The molecule has 2 atom stereocenters. The molecule has 0 unspecified atom stereocenters. The number of hydrogen-bond donors (Lipinski definition) is 1. The van der Waals surface area contributed by atoms with Crippen LogP contribution in [0.15, 0.2) is 48.7 Å². The second-order valence-electron chi connectivity index (χ2n) is 7.28. The van der Waals surface area contributed by atoms with Gasteiger partial charge in [-0.25, -0.2) is 0 Å². The number of hydrogen-bond acceptors (Lipinski definition) is 6. The number of amides is 2. The third-order valence-electron chi connectivity index (χ3n) is 5.17. The quantitative estimate of drug-likeness (QED) is 0.665. The lowest BCUT2D eigenvalue weighted by Crippen LogP contribution is -2.35. The Morgan fingerprint density at radius 3 is 2.53 bits per heavy atom. The molecule has 1 heterocycles. The smallest absolute Gasteiger partial charge is 0.309 e. The Kier molecular flexibility index (Phi) is 7.14. The minimum absolute atomic E-state index is 0.0823. The van der Waals surface area contributed by atoms with Crippen molar-refractivity contribution in [2.24, 2.45) is 0 Å². The van der Waals surface area contributed by atoms with Crippen LogP contribution in [-0.4, -0.2) is 43.0 Å². The maximum atomic E-state index is 12.7. The molecule has 2 aromatic rings. The fourth-order valence-corrected chi connectivity index (χ4v) is 3.52. The third-order valence-corrected chi connectivity index (χ3v) is 5.17. The first-order chi connectivity index (χ1) is 15.3. The SMILES string of the molecule is COc1ccc(OC)c(NC(=O)[C@@H](C)OC(=O)C[C@@H]2c3ccccc3C=CN2C(C)=O)c1. The van der Waals surface area contributed by atoms with E-state index in [1.54, 1.807) is 24.4 Å². The highest BCUT2D eigenvalue weighted by Crippen LogP contribution is 2.33. The highest BCUT2D eigenvalue weighted by Gasteiger charge is 2.30. The molecule has 1 aliphatic rings. The second-order valence-corrected chi connectivity index (χ2v) is 7.28. The molecule has 0 saturated heterocycles. The predicted molar refractivity (Wildman–Crippen MR) is 119 cm³/mol. The number of ether oxygens (including phenoxy) is 3. The van der Waals surface area contributed by atoms with E-state index in [1.165, 1.54) is 33.0 Å². The summed E-state index contributed by atoms with van der Waals surface area (Å²) < 4.78 is 15.8. The summed E-state index contributed by atoms with van der Waals surface area (Å²) in [6.07, 6.45) is 2.35. The average Bonchev–Trinajstić information content (AvgIpc) is 2.78. The molecular weight excluding hydrogens is 412 g/mol. The largest absolute Gasteiger partial charge is 0.497 e. The van der Waals surface area contributed by atoms with Gasteiger partial charge in [-0.15, -0.1) is 0 Å². The lowest BCUT2D eigenvalue weighted by Gasteiger charge is -2.32. The third kappa shape index (κ3) is 5.08. The fraction of sp³-hybridized carbons (Fsp3) is 0.292. The number of esters is 1. The Balaban J connectivity index is 1.68. The van der Waals surface area contributed by atoms with E-state index in [2.05, 4.69) is 5.32 Å². The first-order valence-electron chi connectivity index (χ1n) is 10.1. The van der Waals surface area contributed by atoms with E-state index in [-0.39, 0.29) is 12.3 Å². The monoisotopic (exact) mass is 438 g/mol. The van der Waals surface area contributed by atoms with E-state index in [0.29, 0.717) is 17.2 Å². The molecule has 1 aliphatic heterocycles. The number of carbonyl (C=O) groups excluding carboxylic acids is 3. The normalized spacial score (nSPS) is 15.4. The molecule has 0 bridgehead atoms. The number of carbonyl (C=O) groups is 3. The zero-order chi connectivity index (χ0) is 23.3. The van der Waals surface area contributed by atoms with Gasteiger partial charge in [-0.3, -0.25) is 14.4 Å². The molecular formula is C24H26N2O6. The number of nitrogens with zero attached hydrogens (tertiary/aromatic N) is 1. The Morgan fingerprint density at radius 1 is 1.09 bits per heavy atom. The summed E-state index contributed by atoms with van der Waals surface area (Å²) in [6.45, 7) is 2.92. The molecule has 0 radical (unpaired) electrons. The van der Waals surface area contributed by atoms with Crippen LogP contribution in [0.5, 0.6) is 11.5 Å². The molecule has 3 rings (SSSR count). The minimum atomic E-state index is -1.06. The standard InChI is InChI=1S/C24H26N2O6/c1-15(24(29)25-20-13-18(30-3)9-10-22(20)31-4)32-23(28)14-21-19-8-6-5-7-17(19)11-12-26(21)16(2)27/h5-13,15,21H,14H2,1-4H3,(H,25,29)/t15-,21-/m1/s1. The average molecular weight is 438 g/mol. The first kappa shape index (κ1) is 22.9. The van der Waals surface area contributed by atoms with Crippen molar-refractivity contribution in [3.05, 3.63) is 59.8 Å². The van der Waals surface area contributed by atoms with Gasteiger partial charge in [-0.1, -0.05) is 24.3 Å². The Hall–Kier alpha value is -3.81. The van der Waals surface area contributed by atoms with Crippen molar-refractivity contribution < 1.29 is 28.6 Å². The van der Waals surface area contributed by atoms with Crippen molar-refractivity contribution in [1.29, 1.82) is 0 Å². The minimum Gasteiger partial charge on any atom is -0.497 e. The highest BCUT2D eigenvalue weighted by atomic mass is 16.5. The Morgan fingerprint density at radius 2 is 1.84 bits per heavy atom. The summed E-state index contributed by atoms with van der Waals surface area (Å²) in [5, 5.41) is 2.69. The Bertz CT molecular complexity index is 1050. The van der Waals surface area contributed by atoms with Crippen LogP contribution in [0.4, 0.5) is 5.69 Å². The van der Waals surface area contributed by atoms with Gasteiger partial charge in [0.2, 0.25) is 5.91 Å². The van der Waals surface area contributed by atoms with Crippen molar-refractivity contribution >= 4 is 29.5 Å². The molecule has 0 fully saturated rings. The highest BCUT2D eigenvalue weighted by molar-refractivity contribution is 5.96. The summed E-state index contributed by atoms with van der Waals surface area (Å²) in [6, 6.07) is 12.0. The summed E-state index contributed by atoms with van der Waals surface area (Å²) in [5.74, 6) is -0.312. The number of anilines is 1. The summed E-state index contributed by atoms with van der Waals surface area (Å²) >= 11 is 0. The van der Waals surface area contributed by atoms with Gasteiger partial charge in [-0.2, -0.15) is 0 Å². The van der Waals surface area contributed by atoms with Crippen molar-refractivity contribution in [3.8, 4) is 11.5 Å². The molecule has 0 saturated carbocycles. The zero-order valence-corrected chi connectivity index (χ0v) is 18.5. The summed E-state index contributed by atoms with van der Waals surface area (Å²) in [7, 11) is 3.00. The summed E-state index contributed by atoms with van der Waals surface area (Å²) in [4.78, 5) is 38.9.